The fourth-order valence-corrected chi connectivity index (χ4v) is 6.08. The lowest BCUT2D eigenvalue weighted by Crippen LogP contribution is -2.39. The molecule has 1 aliphatic heterocycles. The first kappa shape index (κ1) is 26.7. The summed E-state index contributed by atoms with van der Waals surface area (Å²) in [4.78, 5) is 32.4. The minimum absolute atomic E-state index is 0.209. The zero-order valence-electron chi connectivity index (χ0n) is 22.3. The van der Waals surface area contributed by atoms with Crippen molar-refractivity contribution >= 4 is 35.0 Å². The number of ether oxygens (including phenoxy) is 1. The van der Waals surface area contributed by atoms with Crippen LogP contribution in [0.3, 0.4) is 0 Å². The Hall–Kier alpha value is -4.53. The molecule has 3 aromatic carbocycles. The molecule has 0 N–H and O–H groups in total. The van der Waals surface area contributed by atoms with Crippen molar-refractivity contribution in [2.45, 2.75) is 19.9 Å². The third-order valence-corrected chi connectivity index (χ3v) is 8.03. The number of fused-ring (bicyclic) bond motifs is 1. The highest BCUT2D eigenvalue weighted by molar-refractivity contribution is 7.07. The number of aromatic nitrogens is 3. The van der Waals surface area contributed by atoms with Gasteiger partial charge in [-0.05, 0) is 49.8 Å². The van der Waals surface area contributed by atoms with E-state index in [1.165, 1.54) is 11.3 Å². The lowest BCUT2D eigenvalue weighted by atomic mass is 9.96. The minimum atomic E-state index is -0.703. The summed E-state index contributed by atoms with van der Waals surface area (Å²) >= 11 is 7.44. The first-order chi connectivity index (χ1) is 19.9. The minimum Gasteiger partial charge on any atom is -0.463 e. The number of rotatable bonds is 6. The number of hydrogen-bond donors (Lipinski definition) is 0. The Balaban J connectivity index is 1.56. The van der Waals surface area contributed by atoms with E-state index in [0.717, 1.165) is 28.1 Å². The quantitative estimate of drug-likeness (QED) is 0.255. The highest BCUT2D eigenvalue weighted by atomic mass is 35.5. The Kier molecular flexibility index (Phi) is 7.26. The van der Waals surface area contributed by atoms with Gasteiger partial charge in [-0.3, -0.25) is 9.36 Å². The van der Waals surface area contributed by atoms with Crippen LogP contribution in [0.2, 0.25) is 5.02 Å². The summed E-state index contributed by atoms with van der Waals surface area (Å²) in [6, 6.07) is 26.1. The highest BCUT2D eigenvalue weighted by Crippen LogP contribution is 2.31. The molecule has 7 nitrogen and oxygen atoms in total. The molecule has 0 amide bonds. The molecule has 1 atom stereocenters. The van der Waals surface area contributed by atoms with Crippen LogP contribution in [0.25, 0.3) is 23.0 Å². The number of esters is 1. The SMILES string of the molecule is CCOC(=O)C1=C(C)N=c2s/c(=C\c3cn(-c4ccccc4)nc3-c3ccccc3)c(=O)n2C1c1ccc(Cl)cc1. The van der Waals surface area contributed by atoms with Gasteiger partial charge in [-0.25, -0.2) is 14.5 Å². The molecule has 0 saturated heterocycles. The molecule has 3 heterocycles. The van der Waals surface area contributed by atoms with Gasteiger partial charge in [0.25, 0.3) is 5.56 Å². The Bertz CT molecular complexity index is 1960. The lowest BCUT2D eigenvalue weighted by molar-refractivity contribution is -0.139. The number of carbonyl (C=O) groups is 1. The second-order valence-electron chi connectivity index (χ2n) is 9.43. The molecule has 1 aliphatic rings. The zero-order chi connectivity index (χ0) is 28.5. The van der Waals surface area contributed by atoms with Crippen LogP contribution in [0, 0.1) is 0 Å². The van der Waals surface area contributed by atoms with E-state index in [4.69, 9.17) is 21.4 Å². The molecule has 0 radical (unpaired) electrons. The number of para-hydroxylation sites is 1. The second-order valence-corrected chi connectivity index (χ2v) is 10.9. The number of thiazole rings is 1. The topological polar surface area (TPSA) is 78.5 Å². The first-order valence-corrected chi connectivity index (χ1v) is 14.3. The second kappa shape index (κ2) is 11.2. The van der Waals surface area contributed by atoms with Gasteiger partial charge < -0.3 is 4.74 Å². The molecule has 0 bridgehead atoms. The monoisotopic (exact) mass is 580 g/mol. The Morgan fingerprint density at radius 2 is 1.71 bits per heavy atom. The number of benzene rings is 3. The van der Waals surface area contributed by atoms with Gasteiger partial charge >= 0.3 is 5.97 Å². The summed E-state index contributed by atoms with van der Waals surface area (Å²) in [6.07, 6.45) is 3.77. The zero-order valence-corrected chi connectivity index (χ0v) is 23.9. The molecule has 204 valence electrons. The van der Waals surface area contributed by atoms with Crippen molar-refractivity contribution in [1.82, 2.24) is 14.3 Å². The van der Waals surface area contributed by atoms with Crippen molar-refractivity contribution in [3.8, 4) is 16.9 Å². The van der Waals surface area contributed by atoms with Gasteiger partial charge in [0.15, 0.2) is 4.80 Å². The Morgan fingerprint density at radius 1 is 1.02 bits per heavy atom. The summed E-state index contributed by atoms with van der Waals surface area (Å²) < 4.78 is 9.24. The summed E-state index contributed by atoms with van der Waals surface area (Å²) in [7, 11) is 0. The van der Waals surface area contributed by atoms with Gasteiger partial charge in [0.1, 0.15) is 0 Å². The van der Waals surface area contributed by atoms with Gasteiger partial charge in [-0.1, -0.05) is 83.6 Å². The van der Waals surface area contributed by atoms with Gasteiger partial charge in [0, 0.05) is 22.3 Å². The molecule has 41 heavy (non-hydrogen) atoms. The number of nitrogens with zero attached hydrogens (tertiary/aromatic N) is 4. The largest absolute Gasteiger partial charge is 0.463 e. The average molecular weight is 581 g/mol. The maximum absolute atomic E-state index is 14.1. The van der Waals surface area contributed by atoms with Crippen molar-refractivity contribution in [3.63, 3.8) is 0 Å². The maximum atomic E-state index is 14.1. The van der Waals surface area contributed by atoms with E-state index < -0.39 is 12.0 Å². The third-order valence-electron chi connectivity index (χ3n) is 6.80. The summed E-state index contributed by atoms with van der Waals surface area (Å²) in [6.45, 7) is 3.73. The molecular formula is C32H25ClN4O3S. The van der Waals surface area contributed by atoms with Gasteiger partial charge in [0.2, 0.25) is 0 Å². The summed E-state index contributed by atoms with van der Waals surface area (Å²) in [5.41, 5.74) is 4.69. The average Bonchev–Trinajstić information content (AvgIpc) is 3.54. The van der Waals surface area contributed by atoms with Crippen molar-refractivity contribution < 1.29 is 9.53 Å². The molecule has 9 heteroatoms. The molecule has 6 rings (SSSR count). The normalized spacial score (nSPS) is 15.0. The fourth-order valence-electron chi connectivity index (χ4n) is 4.92. The van der Waals surface area contributed by atoms with E-state index in [9.17, 15) is 9.59 Å². The van der Waals surface area contributed by atoms with Crippen LogP contribution in [0.4, 0.5) is 0 Å². The van der Waals surface area contributed by atoms with Crippen molar-refractivity contribution in [2.24, 2.45) is 4.99 Å². The first-order valence-electron chi connectivity index (χ1n) is 13.1. The molecule has 0 fully saturated rings. The van der Waals surface area contributed by atoms with Crippen LogP contribution >= 0.6 is 22.9 Å². The van der Waals surface area contributed by atoms with Crippen LogP contribution in [-0.4, -0.2) is 26.9 Å². The summed E-state index contributed by atoms with van der Waals surface area (Å²) in [5.74, 6) is -0.501. The van der Waals surface area contributed by atoms with Gasteiger partial charge in [0.05, 0.1) is 39.8 Å². The van der Waals surface area contributed by atoms with Gasteiger partial charge in [-0.15, -0.1) is 0 Å². The Morgan fingerprint density at radius 3 is 2.39 bits per heavy atom. The molecule has 0 spiro atoms. The van der Waals surface area contributed by atoms with Crippen LogP contribution in [0.1, 0.15) is 31.0 Å². The van der Waals surface area contributed by atoms with E-state index in [0.29, 0.717) is 25.6 Å². The smallest absolute Gasteiger partial charge is 0.338 e. The predicted octanol–water partition coefficient (Wildman–Crippen LogP) is 5.30. The van der Waals surface area contributed by atoms with Crippen LogP contribution in [0.15, 0.2) is 112 Å². The molecule has 5 aromatic rings. The van der Waals surface area contributed by atoms with Crippen molar-refractivity contribution in [3.05, 3.63) is 138 Å². The maximum Gasteiger partial charge on any atom is 0.338 e. The number of allylic oxidation sites excluding steroid dienone is 1. The van der Waals surface area contributed by atoms with Crippen LogP contribution < -0.4 is 14.9 Å². The van der Waals surface area contributed by atoms with E-state index in [1.54, 1.807) is 30.5 Å². The molecule has 2 aromatic heterocycles. The van der Waals surface area contributed by atoms with E-state index in [-0.39, 0.29) is 12.2 Å². The fraction of sp³-hybridized carbons (Fsp3) is 0.125. The number of hydrogen-bond acceptors (Lipinski definition) is 6. The van der Waals surface area contributed by atoms with Crippen LogP contribution in [0.5, 0.6) is 0 Å². The summed E-state index contributed by atoms with van der Waals surface area (Å²) in [5, 5.41) is 5.43. The third kappa shape index (κ3) is 5.08. The van der Waals surface area contributed by atoms with Gasteiger partial charge in [-0.2, -0.15) is 5.10 Å². The molecule has 0 aliphatic carbocycles. The van der Waals surface area contributed by atoms with Crippen LogP contribution in [-0.2, 0) is 9.53 Å². The number of halogens is 1. The molecule has 1 unspecified atom stereocenters. The van der Waals surface area contributed by atoms with Crippen molar-refractivity contribution in [1.29, 1.82) is 0 Å². The Labute approximate surface area is 245 Å². The lowest BCUT2D eigenvalue weighted by Gasteiger charge is -2.24. The highest BCUT2D eigenvalue weighted by Gasteiger charge is 2.33. The number of carbonyl (C=O) groups excluding carboxylic acids is 1. The van der Waals surface area contributed by atoms with E-state index >= 15 is 0 Å². The van der Waals surface area contributed by atoms with E-state index in [2.05, 4.69) is 4.99 Å². The predicted molar refractivity (Wildman–Crippen MR) is 161 cm³/mol. The van der Waals surface area contributed by atoms with Crippen molar-refractivity contribution in [2.75, 3.05) is 6.61 Å². The molecular weight excluding hydrogens is 556 g/mol. The van der Waals surface area contributed by atoms with E-state index in [1.807, 2.05) is 89.8 Å². The molecule has 0 saturated carbocycles. The standard InChI is InChI=1S/C32H25ClN4O3S/c1-3-40-31(39)27-20(2)34-32-37(29(27)22-14-16-24(33)17-15-22)30(38)26(41-32)18-23-19-36(25-12-8-5-9-13-25)35-28(23)21-10-6-4-7-11-21/h4-19,29H,3H2,1-2H3/b26-18-.